The number of carboxylic acids is 1. The number of nitrogens with zero attached hydrogens (tertiary/aromatic N) is 2. The van der Waals surface area contributed by atoms with Crippen LogP contribution in [0.3, 0.4) is 0 Å². The number of anilines is 2. The van der Waals surface area contributed by atoms with E-state index in [0.29, 0.717) is 29.8 Å². The van der Waals surface area contributed by atoms with Crippen LogP contribution in [0.2, 0.25) is 0 Å². The summed E-state index contributed by atoms with van der Waals surface area (Å²) in [4.78, 5) is 69.2. The van der Waals surface area contributed by atoms with Crippen molar-refractivity contribution >= 4 is 41.2 Å². The second kappa shape index (κ2) is 14.1. The van der Waals surface area contributed by atoms with Crippen molar-refractivity contribution in [2.24, 2.45) is 5.92 Å². The number of aryl methyl sites for hydroxylation is 1. The van der Waals surface area contributed by atoms with Crippen LogP contribution in [-0.2, 0) is 20.9 Å². The molecule has 6 amide bonds. The van der Waals surface area contributed by atoms with Gasteiger partial charge in [-0.3, -0.25) is 14.4 Å². The number of carbonyl (C=O) groups excluding carboxylic acids is 4. The van der Waals surface area contributed by atoms with E-state index in [4.69, 9.17) is 0 Å². The number of carboxylic acid groups (broad SMARTS) is 1. The first-order valence-corrected chi connectivity index (χ1v) is 15.9. The number of hydrogen-bond donors (Lipinski definition) is 4. The normalized spacial score (nSPS) is 16.8. The third-order valence-corrected chi connectivity index (χ3v) is 9.02. The van der Waals surface area contributed by atoms with Crippen LogP contribution in [0.1, 0.15) is 68.7 Å². The van der Waals surface area contributed by atoms with Crippen LogP contribution < -0.4 is 16.0 Å². The van der Waals surface area contributed by atoms with E-state index in [1.807, 2.05) is 31.2 Å². The molecule has 0 bridgehead atoms. The molecule has 4 N–H and O–H groups in total. The first-order chi connectivity index (χ1) is 22.5. The van der Waals surface area contributed by atoms with Gasteiger partial charge in [-0.1, -0.05) is 87.4 Å². The summed E-state index contributed by atoms with van der Waals surface area (Å²) in [6, 6.07) is 20.4. The SMILES string of the molecule is Cc1ccccc1NC(=O)Nc1ccc(CN2C(=O)N([C@H](C(=O)N[C@@H](CC(=O)O)c3ccccc3)C(C)C)C(=O)C23CCCC3)cc1. The van der Waals surface area contributed by atoms with Gasteiger partial charge in [-0.05, 0) is 60.6 Å². The highest BCUT2D eigenvalue weighted by Crippen LogP contribution is 2.44. The highest BCUT2D eigenvalue weighted by Gasteiger charge is 2.60. The number of rotatable bonds is 11. The van der Waals surface area contributed by atoms with Crippen LogP contribution in [-0.4, -0.2) is 56.3 Å². The summed E-state index contributed by atoms with van der Waals surface area (Å²) in [5, 5.41) is 18.0. The summed E-state index contributed by atoms with van der Waals surface area (Å²) in [6.45, 7) is 5.59. The van der Waals surface area contributed by atoms with Gasteiger partial charge in [0.25, 0.3) is 5.91 Å². The molecule has 2 aliphatic rings. The minimum Gasteiger partial charge on any atom is -0.481 e. The first kappa shape index (κ1) is 33.2. The molecular weight excluding hydrogens is 598 g/mol. The topological polar surface area (TPSA) is 148 Å². The van der Waals surface area contributed by atoms with E-state index >= 15 is 0 Å². The summed E-state index contributed by atoms with van der Waals surface area (Å²) in [5.74, 6) is -2.49. The lowest BCUT2D eigenvalue weighted by Crippen LogP contribution is -2.54. The molecule has 5 rings (SSSR count). The molecule has 1 heterocycles. The molecule has 1 saturated heterocycles. The molecule has 3 aromatic carbocycles. The van der Waals surface area contributed by atoms with Crippen molar-refractivity contribution in [3.8, 4) is 0 Å². The molecule has 11 heteroatoms. The fraction of sp³-hybridized carbons (Fsp3) is 0.361. The van der Waals surface area contributed by atoms with Gasteiger partial charge in [0.1, 0.15) is 11.6 Å². The Morgan fingerprint density at radius 3 is 2.13 bits per heavy atom. The maximum Gasteiger partial charge on any atom is 0.328 e. The van der Waals surface area contributed by atoms with E-state index in [1.165, 1.54) is 0 Å². The Bertz CT molecular complexity index is 1640. The molecule has 1 aliphatic carbocycles. The van der Waals surface area contributed by atoms with Crippen LogP contribution in [0.5, 0.6) is 0 Å². The molecule has 2 atom stereocenters. The smallest absolute Gasteiger partial charge is 0.328 e. The summed E-state index contributed by atoms with van der Waals surface area (Å²) in [5.41, 5.74) is 2.52. The van der Waals surface area contributed by atoms with Gasteiger partial charge in [0, 0.05) is 17.9 Å². The van der Waals surface area contributed by atoms with Crippen LogP contribution in [0.25, 0.3) is 0 Å². The van der Waals surface area contributed by atoms with Crippen molar-refractivity contribution in [3.63, 3.8) is 0 Å². The van der Waals surface area contributed by atoms with Gasteiger partial charge in [0.2, 0.25) is 5.91 Å². The van der Waals surface area contributed by atoms with E-state index < -0.39 is 47.4 Å². The molecule has 0 unspecified atom stereocenters. The summed E-state index contributed by atoms with van der Waals surface area (Å²) >= 11 is 0. The molecule has 1 aliphatic heterocycles. The van der Waals surface area contributed by atoms with Crippen LogP contribution in [0.15, 0.2) is 78.9 Å². The largest absolute Gasteiger partial charge is 0.481 e. The Balaban J connectivity index is 1.34. The minimum absolute atomic E-state index is 0.148. The number of imide groups is 1. The molecule has 0 aromatic heterocycles. The van der Waals surface area contributed by atoms with Crippen molar-refractivity contribution in [3.05, 3.63) is 95.6 Å². The quantitative estimate of drug-likeness (QED) is 0.187. The zero-order valence-corrected chi connectivity index (χ0v) is 26.9. The summed E-state index contributed by atoms with van der Waals surface area (Å²) in [7, 11) is 0. The van der Waals surface area contributed by atoms with Gasteiger partial charge in [-0.15, -0.1) is 0 Å². The highest BCUT2D eigenvalue weighted by atomic mass is 16.4. The van der Waals surface area contributed by atoms with Gasteiger partial charge < -0.3 is 26.0 Å². The fourth-order valence-corrected chi connectivity index (χ4v) is 6.61. The van der Waals surface area contributed by atoms with Crippen molar-refractivity contribution < 1.29 is 29.1 Å². The van der Waals surface area contributed by atoms with Crippen LogP contribution in [0, 0.1) is 12.8 Å². The Kier molecular flexibility index (Phi) is 9.93. The van der Waals surface area contributed by atoms with Gasteiger partial charge in [0.15, 0.2) is 0 Å². The van der Waals surface area contributed by atoms with Crippen molar-refractivity contribution in [2.75, 3.05) is 10.6 Å². The number of urea groups is 2. The number of hydrogen-bond acceptors (Lipinski definition) is 5. The third-order valence-electron chi connectivity index (χ3n) is 9.02. The molecule has 1 spiro atoms. The lowest BCUT2D eigenvalue weighted by molar-refractivity contribution is -0.142. The number of benzene rings is 3. The van der Waals surface area contributed by atoms with Gasteiger partial charge in [-0.2, -0.15) is 0 Å². The number of carbonyl (C=O) groups is 5. The average Bonchev–Trinajstić information content (AvgIpc) is 3.60. The monoisotopic (exact) mass is 639 g/mol. The number of aliphatic carboxylic acids is 1. The molecular formula is C36H41N5O6. The van der Waals surface area contributed by atoms with Gasteiger partial charge >= 0.3 is 18.0 Å². The number of para-hydroxylation sites is 1. The minimum atomic E-state index is -1.13. The molecule has 47 heavy (non-hydrogen) atoms. The van der Waals surface area contributed by atoms with Crippen LogP contribution >= 0.6 is 0 Å². The lowest BCUT2D eigenvalue weighted by Gasteiger charge is -2.31. The fourth-order valence-electron chi connectivity index (χ4n) is 6.61. The van der Waals surface area contributed by atoms with Crippen molar-refractivity contribution in [1.29, 1.82) is 0 Å². The van der Waals surface area contributed by atoms with E-state index in [1.54, 1.807) is 73.3 Å². The molecule has 11 nitrogen and oxygen atoms in total. The maximum absolute atomic E-state index is 14.2. The van der Waals surface area contributed by atoms with Crippen molar-refractivity contribution in [1.82, 2.24) is 15.1 Å². The Morgan fingerprint density at radius 2 is 1.51 bits per heavy atom. The molecule has 1 saturated carbocycles. The highest BCUT2D eigenvalue weighted by molar-refractivity contribution is 6.10. The maximum atomic E-state index is 14.2. The summed E-state index contributed by atoms with van der Waals surface area (Å²) in [6.07, 6.45) is 2.18. The second-order valence-corrected chi connectivity index (χ2v) is 12.6. The molecule has 246 valence electrons. The van der Waals surface area contributed by atoms with E-state index in [2.05, 4.69) is 16.0 Å². The Morgan fingerprint density at radius 1 is 0.872 bits per heavy atom. The predicted octanol–water partition coefficient (Wildman–Crippen LogP) is 6.07. The number of amides is 6. The Labute approximate surface area is 274 Å². The standard InChI is InChI=1S/C36H41N5O6/c1-23(2)31(32(44)38-29(21-30(42)43)26-12-5-4-6-13-26)41-33(45)36(19-9-10-20-36)40(35(41)47)22-25-15-17-27(18-16-25)37-34(46)39-28-14-8-7-11-24(28)3/h4-8,11-18,23,29,31H,9-10,19-22H2,1-3H3,(H,38,44)(H,42,43)(H2,37,39,46)/t29-,31-/m0/s1. The first-order valence-electron chi connectivity index (χ1n) is 15.9. The second-order valence-electron chi connectivity index (χ2n) is 12.6. The van der Waals surface area contributed by atoms with E-state index in [0.717, 1.165) is 28.9 Å². The molecule has 2 fully saturated rings. The predicted molar refractivity (Wildman–Crippen MR) is 177 cm³/mol. The zero-order chi connectivity index (χ0) is 33.7. The van der Waals surface area contributed by atoms with E-state index in [-0.39, 0.29) is 19.0 Å². The Hall–Kier alpha value is -5.19. The molecule has 0 radical (unpaired) electrons. The third kappa shape index (κ3) is 7.14. The lowest BCUT2D eigenvalue weighted by atomic mass is 9.93. The average molecular weight is 640 g/mol. The van der Waals surface area contributed by atoms with Gasteiger partial charge in [0.05, 0.1) is 12.5 Å². The molecule has 3 aromatic rings. The van der Waals surface area contributed by atoms with Gasteiger partial charge in [-0.25, -0.2) is 14.5 Å². The van der Waals surface area contributed by atoms with Crippen molar-refractivity contribution in [2.45, 2.75) is 77.0 Å². The van der Waals surface area contributed by atoms with Crippen LogP contribution in [0.4, 0.5) is 21.0 Å². The number of nitrogens with one attached hydrogen (secondary N) is 3. The zero-order valence-electron chi connectivity index (χ0n) is 26.9. The summed E-state index contributed by atoms with van der Waals surface area (Å²) < 4.78 is 0. The van der Waals surface area contributed by atoms with E-state index in [9.17, 15) is 29.1 Å².